The Hall–Kier alpha value is -0.310. The smallest absolute Gasteiger partial charge is 0.115 e. The minimum atomic E-state index is 0.121. The van der Waals surface area contributed by atoms with Gasteiger partial charge in [-0.1, -0.05) is 70.1 Å². The number of aromatic hydroxyl groups is 1. The molecule has 0 spiro atoms. The van der Waals surface area contributed by atoms with Gasteiger partial charge in [0.2, 0.25) is 0 Å². The third kappa shape index (κ3) is 2.38. The van der Waals surface area contributed by atoms with Gasteiger partial charge in [-0.15, -0.1) is 0 Å². The van der Waals surface area contributed by atoms with Gasteiger partial charge in [0, 0.05) is 5.56 Å². The lowest BCUT2D eigenvalue weighted by atomic mass is 10.1. The van der Waals surface area contributed by atoms with Gasteiger partial charge in [0.25, 0.3) is 0 Å². The topological polar surface area (TPSA) is 20.2 Å². The molecule has 1 N–H and O–H groups in total. The third-order valence-corrected chi connectivity index (χ3v) is 4.64. The summed E-state index contributed by atoms with van der Waals surface area (Å²) in [5, 5.41) is 10.1. The van der Waals surface area contributed by atoms with Crippen LogP contribution in [0.15, 0.2) is 24.3 Å². The zero-order valence-electron chi connectivity index (χ0n) is 8.65. The molecular weight excluding hydrogens is 337 g/mol. The molecule has 0 saturated heterocycles. The highest BCUT2D eigenvalue weighted by molar-refractivity contribution is 6.56. The van der Waals surface area contributed by atoms with Crippen molar-refractivity contribution in [2.75, 3.05) is 0 Å². The third-order valence-electron chi connectivity index (χ3n) is 2.37. The molecule has 0 fully saturated rings. The second-order valence-corrected chi connectivity index (χ2v) is 5.38. The van der Waals surface area contributed by atoms with Crippen molar-refractivity contribution in [3.05, 3.63) is 49.4 Å². The summed E-state index contributed by atoms with van der Waals surface area (Å²) in [7, 11) is 0. The van der Waals surface area contributed by atoms with Crippen LogP contribution in [0.2, 0.25) is 25.1 Å². The van der Waals surface area contributed by atoms with Gasteiger partial charge in [-0.3, -0.25) is 0 Å². The molecule has 1 nitrogen and oxygen atoms in total. The Kier molecular flexibility index (Phi) is 4.20. The van der Waals surface area contributed by atoms with E-state index in [1.54, 1.807) is 12.1 Å². The minimum Gasteiger partial charge on any atom is -0.508 e. The number of phenolic OH excluding ortho intramolecular Hbond substituents is 1. The highest BCUT2D eigenvalue weighted by atomic mass is 35.5. The zero-order chi connectivity index (χ0) is 13.4. The monoisotopic (exact) mass is 340 g/mol. The average molecular weight is 342 g/mol. The first-order valence-corrected chi connectivity index (χ1v) is 6.63. The maximum atomic E-state index is 9.26. The van der Waals surface area contributed by atoms with Gasteiger partial charge in [-0.05, 0) is 17.7 Å². The highest BCUT2D eigenvalue weighted by Gasteiger charge is 2.20. The van der Waals surface area contributed by atoms with Crippen molar-refractivity contribution >= 4 is 58.0 Å². The zero-order valence-corrected chi connectivity index (χ0v) is 12.4. The number of benzene rings is 2. The van der Waals surface area contributed by atoms with Crippen LogP contribution in [0, 0.1) is 0 Å². The Labute approximate surface area is 129 Å². The van der Waals surface area contributed by atoms with Gasteiger partial charge < -0.3 is 5.11 Å². The van der Waals surface area contributed by atoms with Crippen LogP contribution in [0.5, 0.6) is 5.75 Å². The molecule has 2 rings (SSSR count). The van der Waals surface area contributed by atoms with Gasteiger partial charge in [0.05, 0.1) is 25.1 Å². The normalized spacial score (nSPS) is 10.7. The number of hydrogen-bond acceptors (Lipinski definition) is 1. The van der Waals surface area contributed by atoms with Crippen molar-refractivity contribution in [3.8, 4) is 16.9 Å². The van der Waals surface area contributed by atoms with E-state index in [1.165, 1.54) is 12.1 Å². The van der Waals surface area contributed by atoms with Crippen LogP contribution in [-0.2, 0) is 0 Å². The molecule has 6 heteroatoms. The summed E-state index contributed by atoms with van der Waals surface area (Å²) in [6.45, 7) is 0. The van der Waals surface area contributed by atoms with E-state index in [-0.39, 0.29) is 30.9 Å². The number of phenols is 1. The molecule has 0 radical (unpaired) electrons. The van der Waals surface area contributed by atoms with Gasteiger partial charge in [-0.25, -0.2) is 0 Å². The van der Waals surface area contributed by atoms with Crippen molar-refractivity contribution in [2.45, 2.75) is 0 Å². The Bertz CT molecular complexity index is 578. The van der Waals surface area contributed by atoms with Crippen molar-refractivity contribution < 1.29 is 5.11 Å². The van der Waals surface area contributed by atoms with Crippen molar-refractivity contribution in [1.29, 1.82) is 0 Å². The summed E-state index contributed by atoms with van der Waals surface area (Å²) in [6, 6.07) is 6.34. The van der Waals surface area contributed by atoms with Gasteiger partial charge in [0.15, 0.2) is 0 Å². The fourth-order valence-corrected chi connectivity index (χ4v) is 2.84. The Morgan fingerprint density at radius 1 is 0.611 bits per heavy atom. The fourth-order valence-electron chi connectivity index (χ4n) is 1.49. The minimum absolute atomic E-state index is 0.121. The molecule has 0 heterocycles. The molecular formula is C12H5Cl5O. The Balaban J connectivity index is 2.75. The van der Waals surface area contributed by atoms with Crippen LogP contribution in [-0.4, -0.2) is 5.11 Å². The van der Waals surface area contributed by atoms with E-state index in [1.807, 2.05) is 0 Å². The quantitative estimate of drug-likeness (QED) is 0.474. The molecule has 2 aromatic carbocycles. The van der Waals surface area contributed by atoms with Gasteiger partial charge >= 0.3 is 0 Å². The maximum absolute atomic E-state index is 9.26. The predicted molar refractivity (Wildman–Crippen MR) is 78.6 cm³/mol. The Morgan fingerprint density at radius 3 is 1.44 bits per heavy atom. The molecule has 2 aromatic rings. The molecule has 0 unspecified atom stereocenters. The first-order valence-electron chi connectivity index (χ1n) is 4.74. The average Bonchev–Trinajstić information content (AvgIpc) is 2.36. The lowest BCUT2D eigenvalue weighted by molar-refractivity contribution is 0.475. The van der Waals surface area contributed by atoms with Crippen LogP contribution < -0.4 is 0 Å². The molecule has 0 aliphatic heterocycles. The summed E-state index contributed by atoms with van der Waals surface area (Å²) in [4.78, 5) is 0. The summed E-state index contributed by atoms with van der Waals surface area (Å²) in [6.07, 6.45) is 0. The van der Waals surface area contributed by atoms with Crippen LogP contribution >= 0.6 is 58.0 Å². The van der Waals surface area contributed by atoms with E-state index in [4.69, 9.17) is 58.0 Å². The standard InChI is InChI=1S/C12H5Cl5O/c13-8-7(5-1-3-6(18)4-2-5)9(14)11(16)12(17)10(8)15/h1-4,18H. The molecule has 0 amide bonds. The fraction of sp³-hybridized carbons (Fsp3) is 0. The molecule has 18 heavy (non-hydrogen) atoms. The first kappa shape index (κ1) is 14.1. The van der Waals surface area contributed by atoms with Crippen molar-refractivity contribution in [3.63, 3.8) is 0 Å². The SMILES string of the molecule is Oc1ccc(-c2c(Cl)c(Cl)c(Cl)c(Cl)c2Cl)cc1. The molecule has 0 saturated carbocycles. The van der Waals surface area contributed by atoms with Crippen molar-refractivity contribution in [1.82, 2.24) is 0 Å². The van der Waals surface area contributed by atoms with E-state index in [2.05, 4.69) is 0 Å². The molecule has 94 valence electrons. The number of rotatable bonds is 1. The van der Waals surface area contributed by atoms with E-state index >= 15 is 0 Å². The lowest BCUT2D eigenvalue weighted by Gasteiger charge is -2.12. The van der Waals surface area contributed by atoms with Crippen LogP contribution in [0.4, 0.5) is 0 Å². The van der Waals surface area contributed by atoms with E-state index in [9.17, 15) is 5.11 Å². The molecule has 0 atom stereocenters. The number of hydrogen-bond donors (Lipinski definition) is 1. The van der Waals surface area contributed by atoms with Crippen LogP contribution in [0.1, 0.15) is 0 Å². The second kappa shape index (κ2) is 5.36. The summed E-state index contributed by atoms with van der Waals surface area (Å²) in [5.41, 5.74) is 1.17. The van der Waals surface area contributed by atoms with E-state index in [0.717, 1.165) is 0 Å². The largest absolute Gasteiger partial charge is 0.508 e. The lowest BCUT2D eigenvalue weighted by Crippen LogP contribution is -1.86. The maximum Gasteiger partial charge on any atom is 0.115 e. The van der Waals surface area contributed by atoms with E-state index < -0.39 is 0 Å². The van der Waals surface area contributed by atoms with E-state index in [0.29, 0.717) is 11.1 Å². The summed E-state index contributed by atoms with van der Waals surface area (Å²) in [5.74, 6) is 0.136. The molecule has 0 bridgehead atoms. The van der Waals surface area contributed by atoms with Gasteiger partial charge in [-0.2, -0.15) is 0 Å². The van der Waals surface area contributed by atoms with Crippen LogP contribution in [0.25, 0.3) is 11.1 Å². The van der Waals surface area contributed by atoms with Crippen LogP contribution in [0.3, 0.4) is 0 Å². The predicted octanol–water partition coefficient (Wildman–Crippen LogP) is 6.33. The highest BCUT2D eigenvalue weighted by Crippen LogP contribution is 2.48. The Morgan fingerprint density at radius 2 is 1.00 bits per heavy atom. The van der Waals surface area contributed by atoms with Crippen molar-refractivity contribution in [2.24, 2.45) is 0 Å². The molecule has 0 aromatic heterocycles. The molecule has 0 aliphatic carbocycles. The molecule has 0 aliphatic rings. The summed E-state index contributed by atoms with van der Waals surface area (Å²) >= 11 is 30.1. The summed E-state index contributed by atoms with van der Waals surface area (Å²) < 4.78 is 0. The second-order valence-electron chi connectivity index (χ2n) is 3.49. The first-order chi connectivity index (χ1) is 8.43. The van der Waals surface area contributed by atoms with Gasteiger partial charge in [0.1, 0.15) is 5.75 Å². The number of halogens is 5.